The normalized spacial score (nSPS) is 22.4. The van der Waals surface area contributed by atoms with Crippen LogP contribution in [0.25, 0.3) is 0 Å². The second kappa shape index (κ2) is 3.78. The number of carbonyl (C=O) groups is 1. The minimum atomic E-state index is 0.216. The summed E-state index contributed by atoms with van der Waals surface area (Å²) in [6.45, 7) is 0. The lowest BCUT2D eigenvalue weighted by atomic mass is 9.90. The van der Waals surface area contributed by atoms with Gasteiger partial charge in [0.15, 0.2) is 5.78 Å². The smallest absolute Gasteiger partial charge is 0.173 e. The molecule has 0 amide bonds. The van der Waals surface area contributed by atoms with Crippen LogP contribution in [0.1, 0.15) is 41.6 Å². The van der Waals surface area contributed by atoms with Gasteiger partial charge in [0, 0.05) is 15.3 Å². The SMILES string of the molecule is O=C1CSC2(CCCC2)c2ccc(Cl)cc21. The van der Waals surface area contributed by atoms with Gasteiger partial charge >= 0.3 is 0 Å². The third kappa shape index (κ3) is 1.51. The van der Waals surface area contributed by atoms with E-state index in [1.54, 1.807) is 0 Å². The van der Waals surface area contributed by atoms with Crippen molar-refractivity contribution in [1.82, 2.24) is 0 Å². The second-order valence-corrected chi connectivity index (χ2v) is 6.40. The van der Waals surface area contributed by atoms with Crippen LogP contribution in [0.3, 0.4) is 0 Å². The summed E-state index contributed by atoms with van der Waals surface area (Å²) in [6, 6.07) is 5.83. The summed E-state index contributed by atoms with van der Waals surface area (Å²) in [5, 5.41) is 0.673. The molecule has 1 nitrogen and oxygen atoms in total. The maximum atomic E-state index is 11.9. The molecule has 84 valence electrons. The van der Waals surface area contributed by atoms with Crippen LogP contribution in [0.2, 0.25) is 5.02 Å². The molecular formula is C13H13ClOS. The summed E-state index contributed by atoms with van der Waals surface area (Å²) >= 11 is 7.82. The van der Waals surface area contributed by atoms with Gasteiger partial charge in [0.25, 0.3) is 0 Å². The predicted molar refractivity (Wildman–Crippen MR) is 68.4 cm³/mol. The fraction of sp³-hybridized carbons (Fsp3) is 0.462. The average molecular weight is 253 g/mol. The van der Waals surface area contributed by atoms with Gasteiger partial charge in [0.2, 0.25) is 0 Å². The van der Waals surface area contributed by atoms with Gasteiger partial charge in [-0.25, -0.2) is 0 Å². The maximum absolute atomic E-state index is 11.9. The van der Waals surface area contributed by atoms with Gasteiger partial charge in [-0.15, -0.1) is 11.8 Å². The number of thioether (sulfide) groups is 1. The number of rotatable bonds is 0. The molecule has 0 radical (unpaired) electrons. The van der Waals surface area contributed by atoms with Crippen LogP contribution in [-0.4, -0.2) is 11.5 Å². The molecule has 1 heterocycles. The zero-order valence-corrected chi connectivity index (χ0v) is 10.5. The largest absolute Gasteiger partial charge is 0.293 e. The van der Waals surface area contributed by atoms with E-state index in [1.165, 1.54) is 31.2 Å². The molecule has 16 heavy (non-hydrogen) atoms. The molecule has 3 heteroatoms. The molecule has 0 unspecified atom stereocenters. The van der Waals surface area contributed by atoms with Gasteiger partial charge in [0.05, 0.1) is 5.75 Å². The standard InChI is InChI=1S/C13H13ClOS/c14-9-3-4-11-10(7-9)12(15)8-16-13(11)5-1-2-6-13/h3-4,7H,1-2,5-6,8H2. The topological polar surface area (TPSA) is 17.1 Å². The maximum Gasteiger partial charge on any atom is 0.173 e. The Morgan fingerprint density at radius 3 is 2.75 bits per heavy atom. The fourth-order valence-corrected chi connectivity index (χ4v) is 4.51. The number of fused-ring (bicyclic) bond motifs is 2. The second-order valence-electron chi connectivity index (χ2n) is 4.60. The summed E-state index contributed by atoms with van der Waals surface area (Å²) in [5.74, 6) is 0.855. The van der Waals surface area contributed by atoms with Crippen LogP contribution in [0, 0.1) is 0 Å². The molecule has 2 aliphatic rings. The Bertz CT molecular complexity index is 449. The van der Waals surface area contributed by atoms with Gasteiger partial charge in [-0.1, -0.05) is 30.5 Å². The molecule has 1 aliphatic carbocycles. The van der Waals surface area contributed by atoms with E-state index in [2.05, 4.69) is 6.07 Å². The lowest BCUT2D eigenvalue weighted by Gasteiger charge is -2.34. The molecule has 0 bridgehead atoms. The van der Waals surface area contributed by atoms with Crippen LogP contribution in [0.5, 0.6) is 0 Å². The molecule has 1 aromatic carbocycles. The number of carbonyl (C=O) groups excluding carboxylic acids is 1. The van der Waals surface area contributed by atoms with Gasteiger partial charge in [-0.3, -0.25) is 4.79 Å². The van der Waals surface area contributed by atoms with Crippen LogP contribution in [-0.2, 0) is 4.75 Å². The van der Waals surface area contributed by atoms with E-state index in [0.717, 1.165) is 5.56 Å². The average Bonchev–Trinajstić information content (AvgIpc) is 2.74. The van der Waals surface area contributed by atoms with E-state index < -0.39 is 0 Å². The first-order valence-electron chi connectivity index (χ1n) is 5.68. The monoisotopic (exact) mass is 252 g/mol. The molecule has 3 rings (SSSR count). The van der Waals surface area contributed by atoms with Crippen LogP contribution in [0.4, 0.5) is 0 Å². The first kappa shape index (κ1) is 10.7. The van der Waals surface area contributed by atoms with Crippen LogP contribution < -0.4 is 0 Å². The Hall–Kier alpha value is -0.470. The van der Waals surface area contributed by atoms with Crippen molar-refractivity contribution in [3.63, 3.8) is 0 Å². The molecule has 0 aromatic heterocycles. The number of Topliss-reactive ketones (excluding diaryl/α,β-unsaturated/α-hetero) is 1. The minimum Gasteiger partial charge on any atom is -0.293 e. The number of benzene rings is 1. The molecule has 1 saturated carbocycles. The Balaban J connectivity index is 2.16. The van der Waals surface area contributed by atoms with Crippen molar-refractivity contribution in [2.75, 3.05) is 5.75 Å². The highest BCUT2D eigenvalue weighted by Crippen LogP contribution is 2.53. The quantitative estimate of drug-likeness (QED) is 0.693. The first-order chi connectivity index (χ1) is 7.71. The first-order valence-corrected chi connectivity index (χ1v) is 7.05. The Morgan fingerprint density at radius 1 is 1.25 bits per heavy atom. The molecule has 1 aromatic rings. The van der Waals surface area contributed by atoms with E-state index in [4.69, 9.17) is 11.6 Å². The highest BCUT2D eigenvalue weighted by atomic mass is 35.5. The van der Waals surface area contributed by atoms with Crippen molar-refractivity contribution in [1.29, 1.82) is 0 Å². The Labute approximate surface area is 105 Å². The van der Waals surface area contributed by atoms with E-state index in [0.29, 0.717) is 10.8 Å². The molecule has 1 fully saturated rings. The fourth-order valence-electron chi connectivity index (χ4n) is 2.86. The van der Waals surface area contributed by atoms with E-state index >= 15 is 0 Å². The van der Waals surface area contributed by atoms with E-state index in [-0.39, 0.29) is 10.5 Å². The zero-order chi connectivity index (χ0) is 11.2. The van der Waals surface area contributed by atoms with E-state index in [1.807, 2.05) is 23.9 Å². The zero-order valence-electron chi connectivity index (χ0n) is 8.96. The number of ketones is 1. The lowest BCUT2D eigenvalue weighted by Crippen LogP contribution is -2.28. The molecule has 0 N–H and O–H groups in total. The number of hydrogen-bond donors (Lipinski definition) is 0. The summed E-state index contributed by atoms with van der Waals surface area (Å²) in [7, 11) is 0. The van der Waals surface area contributed by atoms with Crippen molar-refractivity contribution in [2.45, 2.75) is 30.4 Å². The number of hydrogen-bond acceptors (Lipinski definition) is 2. The third-order valence-electron chi connectivity index (χ3n) is 3.66. The van der Waals surface area contributed by atoms with Crippen molar-refractivity contribution in [2.24, 2.45) is 0 Å². The third-order valence-corrected chi connectivity index (χ3v) is 5.49. The highest BCUT2D eigenvalue weighted by Gasteiger charge is 2.42. The summed E-state index contributed by atoms with van der Waals surface area (Å²) in [5.41, 5.74) is 2.10. The van der Waals surface area contributed by atoms with Gasteiger partial charge < -0.3 is 0 Å². The van der Waals surface area contributed by atoms with Crippen LogP contribution in [0.15, 0.2) is 18.2 Å². The minimum absolute atomic E-state index is 0.216. The van der Waals surface area contributed by atoms with Crippen LogP contribution >= 0.6 is 23.4 Å². The summed E-state index contributed by atoms with van der Waals surface area (Å²) in [6.07, 6.45) is 4.98. The van der Waals surface area contributed by atoms with Crippen molar-refractivity contribution >= 4 is 29.1 Å². The van der Waals surface area contributed by atoms with E-state index in [9.17, 15) is 4.79 Å². The molecule has 0 saturated heterocycles. The molecular weight excluding hydrogens is 240 g/mol. The van der Waals surface area contributed by atoms with Crippen molar-refractivity contribution < 1.29 is 4.79 Å². The summed E-state index contributed by atoms with van der Waals surface area (Å²) < 4.78 is 0.216. The van der Waals surface area contributed by atoms with Gasteiger partial charge in [-0.2, -0.15) is 0 Å². The summed E-state index contributed by atoms with van der Waals surface area (Å²) in [4.78, 5) is 11.9. The number of halogens is 1. The molecule has 0 atom stereocenters. The molecule has 1 spiro atoms. The lowest BCUT2D eigenvalue weighted by molar-refractivity contribution is 0.101. The van der Waals surface area contributed by atoms with Crippen molar-refractivity contribution in [3.05, 3.63) is 34.3 Å². The highest BCUT2D eigenvalue weighted by molar-refractivity contribution is 8.01. The Morgan fingerprint density at radius 2 is 2.00 bits per heavy atom. The van der Waals surface area contributed by atoms with Gasteiger partial charge in [-0.05, 0) is 30.5 Å². The van der Waals surface area contributed by atoms with Crippen molar-refractivity contribution in [3.8, 4) is 0 Å². The molecule has 1 aliphatic heterocycles. The Kier molecular flexibility index (Phi) is 2.52. The van der Waals surface area contributed by atoms with Gasteiger partial charge in [0.1, 0.15) is 0 Å². The predicted octanol–water partition coefficient (Wildman–Crippen LogP) is 4.04.